The maximum atomic E-state index is 11.6. The number of hydrogen-bond acceptors (Lipinski definition) is 4. The molecule has 0 aliphatic heterocycles. The van der Waals surface area contributed by atoms with E-state index >= 15 is 0 Å². The maximum absolute atomic E-state index is 11.6. The predicted octanol–water partition coefficient (Wildman–Crippen LogP) is 2.07. The van der Waals surface area contributed by atoms with E-state index in [0.29, 0.717) is 10.8 Å². The molecule has 0 aliphatic rings. The van der Waals surface area contributed by atoms with Gasteiger partial charge >= 0.3 is 0 Å². The van der Waals surface area contributed by atoms with Crippen LogP contribution in [0.3, 0.4) is 0 Å². The molecule has 0 atom stereocenters. The van der Waals surface area contributed by atoms with Crippen molar-refractivity contribution in [1.29, 1.82) is 0 Å². The summed E-state index contributed by atoms with van der Waals surface area (Å²) in [5.41, 5.74) is 0.521. The van der Waals surface area contributed by atoms with E-state index in [9.17, 15) is 4.79 Å². The first-order chi connectivity index (χ1) is 7.79. The summed E-state index contributed by atoms with van der Waals surface area (Å²) in [5.74, 6) is -0.191. The molecule has 0 aliphatic carbocycles. The minimum atomic E-state index is -0.191. The average molecular weight is 236 g/mol. The van der Waals surface area contributed by atoms with E-state index in [-0.39, 0.29) is 5.91 Å². The number of H-pyrrole nitrogens is 1. The molecule has 0 saturated carbocycles. The molecule has 2 rings (SSSR count). The fraction of sp³-hybridized carbons (Fsp3) is 0.300. The van der Waals surface area contributed by atoms with Gasteiger partial charge in [-0.2, -0.15) is 0 Å². The maximum Gasteiger partial charge on any atom is 0.273 e. The van der Waals surface area contributed by atoms with Gasteiger partial charge < -0.3 is 4.98 Å². The summed E-state index contributed by atoms with van der Waals surface area (Å²) >= 11 is 1.42. The van der Waals surface area contributed by atoms with Crippen LogP contribution in [-0.4, -0.2) is 21.1 Å². The molecule has 16 heavy (non-hydrogen) atoms. The lowest BCUT2D eigenvalue weighted by molar-refractivity contribution is 0.102. The molecule has 0 aromatic carbocycles. The number of aromatic nitrogens is 3. The van der Waals surface area contributed by atoms with Crippen molar-refractivity contribution in [3.8, 4) is 0 Å². The van der Waals surface area contributed by atoms with Crippen LogP contribution < -0.4 is 5.32 Å². The Labute approximate surface area is 96.9 Å². The summed E-state index contributed by atoms with van der Waals surface area (Å²) in [5, 5.41) is 12.1. The number of rotatable bonds is 4. The zero-order valence-electron chi connectivity index (χ0n) is 8.86. The summed E-state index contributed by atoms with van der Waals surface area (Å²) in [7, 11) is 0. The molecule has 5 nitrogen and oxygen atoms in total. The van der Waals surface area contributed by atoms with Gasteiger partial charge in [0.15, 0.2) is 0 Å². The van der Waals surface area contributed by atoms with Gasteiger partial charge in [-0.1, -0.05) is 18.3 Å². The van der Waals surface area contributed by atoms with Crippen LogP contribution in [0.1, 0.15) is 28.8 Å². The van der Waals surface area contributed by atoms with Crippen LogP contribution in [0.25, 0.3) is 0 Å². The molecular formula is C10H12N4OS. The van der Waals surface area contributed by atoms with Crippen LogP contribution in [0.15, 0.2) is 18.3 Å². The molecule has 0 radical (unpaired) electrons. The molecule has 2 N–H and O–H groups in total. The molecule has 0 fully saturated rings. The monoisotopic (exact) mass is 236 g/mol. The number of aromatic amines is 1. The van der Waals surface area contributed by atoms with Gasteiger partial charge in [-0.3, -0.25) is 10.1 Å². The smallest absolute Gasteiger partial charge is 0.273 e. The molecule has 2 aromatic rings. The third-order valence-electron chi connectivity index (χ3n) is 1.99. The van der Waals surface area contributed by atoms with E-state index < -0.39 is 0 Å². The second-order valence-corrected chi connectivity index (χ2v) is 4.35. The number of amides is 1. The number of nitrogens with one attached hydrogen (secondary N) is 2. The van der Waals surface area contributed by atoms with Gasteiger partial charge in [0, 0.05) is 12.6 Å². The van der Waals surface area contributed by atoms with Crippen LogP contribution in [0.4, 0.5) is 5.13 Å². The second kappa shape index (κ2) is 4.89. The largest absolute Gasteiger partial charge is 0.357 e. The highest BCUT2D eigenvalue weighted by Gasteiger charge is 2.09. The lowest BCUT2D eigenvalue weighted by atomic mass is 10.4. The van der Waals surface area contributed by atoms with E-state index in [4.69, 9.17) is 0 Å². The molecule has 2 aromatic heterocycles. The van der Waals surface area contributed by atoms with Crippen LogP contribution in [0.2, 0.25) is 0 Å². The summed E-state index contributed by atoms with van der Waals surface area (Å²) in [4.78, 5) is 14.5. The third-order valence-corrected chi connectivity index (χ3v) is 2.89. The van der Waals surface area contributed by atoms with E-state index in [1.807, 2.05) is 0 Å². The van der Waals surface area contributed by atoms with Crippen molar-refractivity contribution in [2.24, 2.45) is 0 Å². The van der Waals surface area contributed by atoms with Gasteiger partial charge in [0.2, 0.25) is 5.13 Å². The van der Waals surface area contributed by atoms with Crippen molar-refractivity contribution in [1.82, 2.24) is 15.2 Å². The van der Waals surface area contributed by atoms with Crippen molar-refractivity contribution >= 4 is 22.4 Å². The molecule has 0 spiro atoms. The highest BCUT2D eigenvalue weighted by molar-refractivity contribution is 7.15. The first-order valence-corrected chi connectivity index (χ1v) is 5.88. The number of anilines is 1. The number of nitrogens with zero attached hydrogens (tertiary/aromatic N) is 2. The van der Waals surface area contributed by atoms with Crippen molar-refractivity contribution in [2.45, 2.75) is 19.8 Å². The molecule has 1 amide bonds. The Morgan fingerprint density at radius 1 is 1.56 bits per heavy atom. The Balaban J connectivity index is 2.01. The molecule has 6 heteroatoms. The van der Waals surface area contributed by atoms with Crippen LogP contribution in [0.5, 0.6) is 0 Å². The number of carbonyl (C=O) groups excluding carboxylic acids is 1. The van der Waals surface area contributed by atoms with Gasteiger partial charge in [0.05, 0.1) is 0 Å². The van der Waals surface area contributed by atoms with E-state index in [1.165, 1.54) is 11.3 Å². The van der Waals surface area contributed by atoms with Gasteiger partial charge in [-0.05, 0) is 18.6 Å². The highest BCUT2D eigenvalue weighted by atomic mass is 32.1. The first kappa shape index (κ1) is 10.8. The highest BCUT2D eigenvalue weighted by Crippen LogP contribution is 2.17. The first-order valence-electron chi connectivity index (χ1n) is 5.06. The Morgan fingerprint density at radius 3 is 3.12 bits per heavy atom. The zero-order valence-corrected chi connectivity index (χ0v) is 9.67. The van der Waals surface area contributed by atoms with Crippen molar-refractivity contribution in [3.63, 3.8) is 0 Å². The molecule has 0 bridgehead atoms. The summed E-state index contributed by atoms with van der Waals surface area (Å²) < 4.78 is 0. The molecular weight excluding hydrogens is 224 g/mol. The fourth-order valence-corrected chi connectivity index (χ4v) is 2.09. The fourth-order valence-electron chi connectivity index (χ4n) is 1.26. The Bertz CT molecular complexity index is 463. The van der Waals surface area contributed by atoms with Crippen LogP contribution >= 0.6 is 11.3 Å². The topological polar surface area (TPSA) is 70.7 Å². The summed E-state index contributed by atoms with van der Waals surface area (Å²) in [6, 6.07) is 3.49. The second-order valence-electron chi connectivity index (χ2n) is 3.29. The zero-order chi connectivity index (χ0) is 11.4. The van der Waals surface area contributed by atoms with Crippen molar-refractivity contribution in [2.75, 3.05) is 5.32 Å². The third kappa shape index (κ3) is 2.46. The Morgan fingerprint density at radius 2 is 2.44 bits per heavy atom. The number of carbonyl (C=O) groups is 1. The van der Waals surface area contributed by atoms with Crippen LogP contribution in [0, 0.1) is 0 Å². The molecule has 84 valence electrons. The Hall–Kier alpha value is -1.69. The summed E-state index contributed by atoms with van der Waals surface area (Å²) in [6.45, 7) is 2.08. The van der Waals surface area contributed by atoms with E-state index in [0.717, 1.165) is 17.8 Å². The number of aryl methyl sites for hydroxylation is 1. The Kier molecular flexibility index (Phi) is 3.31. The van der Waals surface area contributed by atoms with Gasteiger partial charge in [-0.25, -0.2) is 0 Å². The quantitative estimate of drug-likeness (QED) is 0.853. The van der Waals surface area contributed by atoms with Crippen LogP contribution in [-0.2, 0) is 6.42 Å². The normalized spacial score (nSPS) is 10.3. The van der Waals surface area contributed by atoms with Gasteiger partial charge in [0.1, 0.15) is 10.7 Å². The minimum absolute atomic E-state index is 0.191. The van der Waals surface area contributed by atoms with Crippen molar-refractivity contribution in [3.05, 3.63) is 29.0 Å². The van der Waals surface area contributed by atoms with E-state index in [1.54, 1.807) is 18.3 Å². The number of hydrogen-bond donors (Lipinski definition) is 2. The summed E-state index contributed by atoms with van der Waals surface area (Å²) in [6.07, 6.45) is 3.63. The SMILES string of the molecule is CCCc1nnc(NC(=O)c2ccc[nH]2)s1. The van der Waals surface area contributed by atoms with Gasteiger partial charge in [0.25, 0.3) is 5.91 Å². The standard InChI is InChI=1S/C10H12N4OS/c1-2-4-8-13-14-10(16-8)12-9(15)7-5-3-6-11-7/h3,5-6,11H,2,4H2,1H3,(H,12,14,15). The lowest BCUT2D eigenvalue weighted by Gasteiger charge is -1.96. The van der Waals surface area contributed by atoms with E-state index in [2.05, 4.69) is 27.4 Å². The van der Waals surface area contributed by atoms with Crippen molar-refractivity contribution < 1.29 is 4.79 Å². The average Bonchev–Trinajstić information content (AvgIpc) is 2.89. The predicted molar refractivity (Wildman–Crippen MR) is 62.6 cm³/mol. The lowest BCUT2D eigenvalue weighted by Crippen LogP contribution is -2.11. The molecule has 0 unspecified atom stereocenters. The molecule has 2 heterocycles. The van der Waals surface area contributed by atoms with Gasteiger partial charge in [-0.15, -0.1) is 10.2 Å². The minimum Gasteiger partial charge on any atom is -0.357 e. The molecule has 0 saturated heterocycles.